The number of unbranched alkanes of at least 4 members (excludes halogenated alkanes) is 1. The van der Waals surface area contributed by atoms with Gasteiger partial charge in [-0.3, -0.25) is 19.2 Å². The molecule has 0 spiro atoms. The van der Waals surface area contributed by atoms with Gasteiger partial charge in [0.25, 0.3) is 5.91 Å². The quantitative estimate of drug-likeness (QED) is 0.0874. The van der Waals surface area contributed by atoms with Crippen molar-refractivity contribution in [3.05, 3.63) is 118 Å². The number of Topliss-reactive ketones (excluding diaryl/α,β-unsaturated/α-hetero) is 1. The number of rotatable bonds is 17. The van der Waals surface area contributed by atoms with E-state index in [0.29, 0.717) is 59.1 Å². The Labute approximate surface area is 393 Å². The fourth-order valence-electron chi connectivity index (χ4n) is 9.54. The van der Waals surface area contributed by atoms with Crippen LogP contribution in [0.25, 0.3) is 11.1 Å². The molecule has 1 saturated carbocycles. The molecule has 1 aliphatic carbocycles. The second kappa shape index (κ2) is 20.5. The maximum Gasteiger partial charge on any atom is 0.251 e. The Morgan fingerprint density at radius 3 is 2.06 bits per heavy atom. The summed E-state index contributed by atoms with van der Waals surface area (Å²) in [6.45, 7) is 14.3. The van der Waals surface area contributed by atoms with Crippen LogP contribution in [0.4, 0.5) is 0 Å². The van der Waals surface area contributed by atoms with Crippen molar-refractivity contribution in [3.8, 4) is 34.8 Å². The van der Waals surface area contributed by atoms with Gasteiger partial charge in [0, 0.05) is 54.3 Å². The van der Waals surface area contributed by atoms with Crippen LogP contribution in [-0.2, 0) is 20.8 Å². The Morgan fingerprint density at radius 2 is 1.47 bits per heavy atom. The molecule has 0 bridgehead atoms. The Bertz CT molecular complexity index is 2470. The van der Waals surface area contributed by atoms with Gasteiger partial charge in [0.05, 0.1) is 41.0 Å². The van der Waals surface area contributed by atoms with E-state index in [4.69, 9.17) is 26.3 Å². The summed E-state index contributed by atoms with van der Waals surface area (Å²) in [5.74, 6) is 0.273. The molecule has 0 unspecified atom stereocenters. The minimum atomic E-state index is -0.892. The van der Waals surface area contributed by atoms with Gasteiger partial charge in [-0.1, -0.05) is 96.5 Å². The molecule has 0 radical (unpaired) electrons. The number of amides is 3. The highest BCUT2D eigenvalue weighted by Crippen LogP contribution is 2.55. The topological polar surface area (TPSA) is 182 Å². The number of hydrogen-bond donors (Lipinski definition) is 3. The number of ketones is 1. The first-order valence-electron chi connectivity index (χ1n) is 22.5. The summed E-state index contributed by atoms with van der Waals surface area (Å²) in [7, 11) is 0. The summed E-state index contributed by atoms with van der Waals surface area (Å²) in [4.78, 5) is 55.4. The molecular weight excluding hydrogens is 854 g/mol. The molecule has 6 rings (SSSR count). The smallest absolute Gasteiger partial charge is 0.251 e. The van der Waals surface area contributed by atoms with Crippen LogP contribution in [0.5, 0.6) is 11.5 Å². The average molecular weight is 915 g/mol. The predicted octanol–water partition coefficient (Wildman–Crippen LogP) is 8.61. The summed E-state index contributed by atoms with van der Waals surface area (Å²) in [6, 6.07) is 29.5. The van der Waals surface area contributed by atoms with Crippen LogP contribution in [0.3, 0.4) is 0 Å². The van der Waals surface area contributed by atoms with Crippen molar-refractivity contribution in [3.63, 3.8) is 0 Å². The molecule has 3 amide bonds. The summed E-state index contributed by atoms with van der Waals surface area (Å²) in [5, 5.41) is 35.3. The van der Waals surface area contributed by atoms with Gasteiger partial charge in [-0.05, 0) is 89.9 Å². The van der Waals surface area contributed by atoms with E-state index in [1.54, 1.807) is 30.3 Å². The number of nitrogens with one attached hydrogen (secondary N) is 2. The number of likely N-dealkylation sites (tertiary alicyclic amines) is 1. The molecule has 346 valence electrons. The summed E-state index contributed by atoms with van der Waals surface area (Å²) in [5.41, 5.74) is 2.84. The van der Waals surface area contributed by atoms with Gasteiger partial charge in [-0.15, -0.1) is 0 Å². The zero-order valence-electron chi connectivity index (χ0n) is 38.8. The lowest BCUT2D eigenvalue weighted by atomic mass is 9.49. The average Bonchev–Trinajstić information content (AvgIpc) is 3.69. The van der Waals surface area contributed by atoms with E-state index in [2.05, 4.69) is 50.5 Å². The first-order chi connectivity index (χ1) is 31.2. The molecule has 3 atom stereocenters. The largest absolute Gasteiger partial charge is 0.494 e. The van der Waals surface area contributed by atoms with Crippen LogP contribution in [-0.4, -0.2) is 77.0 Å². The third-order valence-electron chi connectivity index (χ3n) is 12.9. The van der Waals surface area contributed by atoms with Gasteiger partial charge in [0.15, 0.2) is 5.78 Å². The minimum absolute atomic E-state index is 0.0229. The standard InChI is InChI=1S/C53H60ClN5O7/c1-51(2,3)46(48(64)59-32-39(60)28-43(59)44(61)26-15-33-11-13-34(30-55)14-12-33)57-45(62)10-8-9-27-65-40-23-20-36(21-24-40)35-16-18-37(19-17-35)47(63)58-49-52(4,5)50(53(49,6)7)66-41-25-22-38(31-56)42(54)29-41/h11-14,16-25,29,39,43,46,49-50,60H,8-10,15,26-28,32H2,1-7H3,(H,57,62)(H,58,63)/t39-,43+,46-,49?,50?/m1/s1. The number of aliphatic hydroxyl groups excluding tert-OH is 1. The Balaban J connectivity index is 0.936. The number of β-amino-alcohol motifs (C(OH)–C–C–N with tert-alkyl or cyclic N) is 1. The maximum absolute atomic E-state index is 14.0. The number of carbonyl (C=O) groups is 4. The van der Waals surface area contributed by atoms with Gasteiger partial charge in [-0.2, -0.15) is 10.5 Å². The van der Waals surface area contributed by atoms with Gasteiger partial charge in [0.2, 0.25) is 11.8 Å². The minimum Gasteiger partial charge on any atom is -0.494 e. The van der Waals surface area contributed by atoms with Crippen LogP contribution in [0.2, 0.25) is 5.02 Å². The van der Waals surface area contributed by atoms with Crippen molar-refractivity contribution in [2.24, 2.45) is 16.2 Å². The van der Waals surface area contributed by atoms with Crippen molar-refractivity contribution in [1.29, 1.82) is 10.5 Å². The Kier molecular flexibility index (Phi) is 15.3. The molecular formula is C53H60ClN5O7. The van der Waals surface area contributed by atoms with E-state index in [1.807, 2.05) is 81.4 Å². The third-order valence-corrected chi connectivity index (χ3v) is 13.2. The number of nitriles is 2. The van der Waals surface area contributed by atoms with Gasteiger partial charge >= 0.3 is 0 Å². The number of carbonyl (C=O) groups excluding carboxylic acids is 4. The number of aliphatic hydroxyl groups is 1. The van der Waals surface area contributed by atoms with Crippen molar-refractivity contribution in [2.45, 2.75) is 117 Å². The van der Waals surface area contributed by atoms with Gasteiger partial charge in [0.1, 0.15) is 29.7 Å². The van der Waals surface area contributed by atoms with Crippen molar-refractivity contribution < 1.29 is 33.8 Å². The van der Waals surface area contributed by atoms with E-state index in [-0.39, 0.29) is 72.3 Å². The molecule has 2 aliphatic rings. The number of benzene rings is 4. The number of nitrogens with zero attached hydrogens (tertiary/aromatic N) is 3. The van der Waals surface area contributed by atoms with E-state index < -0.39 is 23.6 Å². The molecule has 66 heavy (non-hydrogen) atoms. The van der Waals surface area contributed by atoms with E-state index in [0.717, 1.165) is 16.7 Å². The fourth-order valence-corrected chi connectivity index (χ4v) is 9.75. The normalized spacial score (nSPS) is 19.9. The SMILES string of the molecule is CC1(C)C(NC(=O)c2ccc(-c3ccc(OCCCCC(=O)N[C@H](C(=O)N4C[C@H](O)C[C@H]4C(=O)CCc4ccc(C#N)cc4)C(C)(C)C)cc3)cc2)C(C)(C)C1Oc1ccc(C#N)c(Cl)c1. The van der Waals surface area contributed by atoms with Crippen molar-refractivity contribution >= 4 is 35.1 Å². The van der Waals surface area contributed by atoms with Gasteiger partial charge < -0.3 is 30.1 Å². The highest BCUT2D eigenvalue weighted by molar-refractivity contribution is 6.31. The summed E-state index contributed by atoms with van der Waals surface area (Å²) < 4.78 is 12.3. The third kappa shape index (κ3) is 11.4. The highest BCUT2D eigenvalue weighted by atomic mass is 35.5. The number of halogens is 1. The lowest BCUT2D eigenvalue weighted by Crippen LogP contribution is -2.74. The van der Waals surface area contributed by atoms with E-state index in [9.17, 15) is 29.5 Å². The lowest BCUT2D eigenvalue weighted by Gasteiger charge is -2.63. The second-order valence-electron chi connectivity index (χ2n) is 19.7. The van der Waals surface area contributed by atoms with Crippen LogP contribution in [0.15, 0.2) is 91.0 Å². The van der Waals surface area contributed by atoms with E-state index in [1.165, 1.54) is 4.90 Å². The number of hydrogen-bond acceptors (Lipinski definition) is 9. The molecule has 1 aliphatic heterocycles. The predicted molar refractivity (Wildman–Crippen MR) is 253 cm³/mol. The zero-order valence-corrected chi connectivity index (χ0v) is 39.6. The molecule has 4 aromatic rings. The zero-order chi connectivity index (χ0) is 48.0. The van der Waals surface area contributed by atoms with Crippen molar-refractivity contribution in [2.75, 3.05) is 13.2 Å². The fraction of sp³-hybridized carbons (Fsp3) is 0.434. The van der Waals surface area contributed by atoms with E-state index >= 15 is 0 Å². The molecule has 1 heterocycles. The Hall–Kier alpha value is -6.21. The molecule has 4 aromatic carbocycles. The molecule has 1 saturated heterocycles. The maximum atomic E-state index is 14.0. The van der Waals surface area contributed by atoms with Crippen LogP contribution >= 0.6 is 11.6 Å². The molecule has 12 nitrogen and oxygen atoms in total. The van der Waals surface area contributed by atoms with Crippen molar-refractivity contribution in [1.82, 2.24) is 15.5 Å². The first kappa shape index (κ1) is 49.2. The monoisotopic (exact) mass is 913 g/mol. The highest BCUT2D eigenvalue weighted by Gasteiger charge is 2.64. The summed E-state index contributed by atoms with van der Waals surface area (Å²) in [6.07, 6.45) is 1.06. The molecule has 2 fully saturated rings. The number of aryl methyl sites for hydroxylation is 1. The summed E-state index contributed by atoms with van der Waals surface area (Å²) >= 11 is 6.25. The molecule has 3 N–H and O–H groups in total. The first-order valence-corrected chi connectivity index (χ1v) is 22.9. The second-order valence-corrected chi connectivity index (χ2v) is 20.2. The van der Waals surface area contributed by atoms with Gasteiger partial charge in [-0.25, -0.2) is 0 Å². The Morgan fingerprint density at radius 1 is 0.848 bits per heavy atom. The van der Waals surface area contributed by atoms with Crippen LogP contribution in [0, 0.1) is 38.9 Å². The van der Waals surface area contributed by atoms with Crippen LogP contribution < -0.4 is 20.1 Å². The molecule has 0 aromatic heterocycles. The number of ether oxygens (including phenoxy) is 2. The van der Waals surface area contributed by atoms with Crippen LogP contribution in [0.1, 0.15) is 108 Å². The molecule has 13 heteroatoms. The lowest BCUT2D eigenvalue weighted by molar-refractivity contribution is -0.164.